The molecular weight excluding hydrogens is 468 g/mol. The Balaban J connectivity index is 1.76. The molecule has 8 heteroatoms. The fourth-order valence-corrected chi connectivity index (χ4v) is 4.59. The first-order chi connectivity index (χ1) is 16.8. The van der Waals surface area contributed by atoms with Crippen molar-refractivity contribution in [3.63, 3.8) is 0 Å². The maximum Gasteiger partial charge on any atom is 0.342 e. The minimum Gasteiger partial charge on any atom is -0.507 e. The second-order valence-electron chi connectivity index (χ2n) is 7.44. The molecule has 0 aromatic heterocycles. The third kappa shape index (κ3) is 4.92. The van der Waals surface area contributed by atoms with E-state index in [1.54, 1.807) is 66.7 Å². The predicted octanol–water partition coefficient (Wildman–Crippen LogP) is 4.63. The van der Waals surface area contributed by atoms with Crippen molar-refractivity contribution in [2.45, 2.75) is 4.90 Å². The summed E-state index contributed by atoms with van der Waals surface area (Å²) >= 11 is 0. The Bertz CT molecular complexity index is 1500. The maximum atomic E-state index is 13.3. The fourth-order valence-electron chi connectivity index (χ4n) is 3.47. The normalized spacial score (nSPS) is 11.0. The van der Waals surface area contributed by atoms with Crippen LogP contribution in [-0.2, 0) is 10.1 Å². The summed E-state index contributed by atoms with van der Waals surface area (Å²) in [5.74, 6) is -1.86. The molecule has 0 saturated heterocycles. The lowest BCUT2D eigenvalue weighted by Crippen LogP contribution is -2.15. The Morgan fingerprint density at radius 3 is 1.77 bits per heavy atom. The molecule has 4 aromatic carbocycles. The van der Waals surface area contributed by atoms with E-state index in [0.717, 1.165) is 12.1 Å². The summed E-state index contributed by atoms with van der Waals surface area (Å²) in [5.41, 5.74) is 0.420. The Morgan fingerprint density at radius 1 is 0.686 bits per heavy atom. The average Bonchev–Trinajstić information content (AvgIpc) is 2.88. The van der Waals surface area contributed by atoms with Crippen LogP contribution in [0.25, 0.3) is 0 Å². The first-order valence-corrected chi connectivity index (χ1v) is 11.9. The molecule has 0 amide bonds. The molecule has 7 nitrogen and oxygen atoms in total. The van der Waals surface area contributed by atoms with Crippen LogP contribution in [0.2, 0.25) is 0 Å². The van der Waals surface area contributed by atoms with Gasteiger partial charge in [0.1, 0.15) is 16.4 Å². The van der Waals surface area contributed by atoms with Crippen LogP contribution in [0.3, 0.4) is 0 Å². The topological polar surface area (TPSA) is 107 Å². The van der Waals surface area contributed by atoms with E-state index in [9.17, 15) is 23.1 Å². The van der Waals surface area contributed by atoms with Crippen molar-refractivity contribution in [2.24, 2.45) is 0 Å². The highest BCUT2D eigenvalue weighted by atomic mass is 32.2. The summed E-state index contributed by atoms with van der Waals surface area (Å²) in [5, 5.41) is 10.4. The number of para-hydroxylation sites is 1. The molecule has 0 unspecified atom stereocenters. The number of hydrogen-bond donors (Lipinski definition) is 1. The monoisotopic (exact) mass is 488 g/mol. The molecule has 4 rings (SSSR count). The number of ether oxygens (including phenoxy) is 1. The molecule has 0 saturated carbocycles. The minimum absolute atomic E-state index is 0.0422. The molecule has 0 heterocycles. The number of carbonyl (C=O) groups excluding carboxylic acids is 2. The Kier molecular flexibility index (Phi) is 6.66. The van der Waals surface area contributed by atoms with Gasteiger partial charge in [-0.25, -0.2) is 0 Å². The van der Waals surface area contributed by atoms with Crippen LogP contribution in [0.5, 0.6) is 17.2 Å². The van der Waals surface area contributed by atoms with E-state index >= 15 is 0 Å². The lowest BCUT2D eigenvalue weighted by molar-refractivity contribution is 0.102. The highest BCUT2D eigenvalue weighted by molar-refractivity contribution is 7.87. The van der Waals surface area contributed by atoms with E-state index in [0.29, 0.717) is 5.56 Å². The van der Waals surface area contributed by atoms with Gasteiger partial charge in [-0.1, -0.05) is 72.8 Å². The molecule has 0 atom stereocenters. The molecule has 0 aliphatic rings. The number of phenols is 1. The third-order valence-corrected chi connectivity index (χ3v) is 6.46. The quantitative estimate of drug-likeness (QED) is 0.285. The highest BCUT2D eigenvalue weighted by Gasteiger charge is 2.28. The van der Waals surface area contributed by atoms with Crippen molar-refractivity contribution >= 4 is 21.7 Å². The largest absolute Gasteiger partial charge is 0.507 e. The van der Waals surface area contributed by atoms with Crippen LogP contribution in [0, 0.1) is 0 Å². The van der Waals surface area contributed by atoms with Crippen molar-refractivity contribution < 1.29 is 32.0 Å². The average molecular weight is 489 g/mol. The van der Waals surface area contributed by atoms with Gasteiger partial charge in [0.25, 0.3) is 0 Å². The van der Waals surface area contributed by atoms with E-state index < -0.39 is 32.3 Å². The summed E-state index contributed by atoms with van der Waals surface area (Å²) in [6, 6.07) is 24.4. The van der Waals surface area contributed by atoms with Gasteiger partial charge in [0.05, 0.1) is 18.2 Å². The van der Waals surface area contributed by atoms with Crippen LogP contribution in [0.4, 0.5) is 0 Å². The Morgan fingerprint density at radius 2 is 1.20 bits per heavy atom. The van der Waals surface area contributed by atoms with E-state index in [1.807, 2.05) is 0 Å². The number of phenolic OH excluding ortho intramolecular Hbond substituents is 1. The number of carbonyl (C=O) groups is 2. The summed E-state index contributed by atoms with van der Waals surface area (Å²) in [7, 11) is -3.37. The zero-order valence-electron chi connectivity index (χ0n) is 18.5. The summed E-state index contributed by atoms with van der Waals surface area (Å²) in [6.07, 6.45) is 0. The molecular formula is C27H20O7S. The zero-order chi connectivity index (χ0) is 25.0. The summed E-state index contributed by atoms with van der Waals surface area (Å²) < 4.78 is 37.1. The van der Waals surface area contributed by atoms with Crippen LogP contribution < -0.4 is 8.92 Å². The lowest BCUT2D eigenvalue weighted by atomic mass is 10.0. The first-order valence-electron chi connectivity index (χ1n) is 10.5. The maximum absolute atomic E-state index is 13.3. The van der Waals surface area contributed by atoms with Crippen molar-refractivity contribution in [3.8, 4) is 17.2 Å². The van der Waals surface area contributed by atoms with Crippen molar-refractivity contribution in [3.05, 3.63) is 119 Å². The molecule has 0 bridgehead atoms. The SMILES string of the molecule is COc1cc(O)c(C(=O)c2ccccc2)cc1S(=O)(=O)Oc1ccccc1C(=O)c1ccccc1. The molecule has 1 N–H and O–H groups in total. The van der Waals surface area contributed by atoms with E-state index in [-0.39, 0.29) is 28.2 Å². The Labute approximate surface area is 202 Å². The molecule has 4 aromatic rings. The predicted molar refractivity (Wildman–Crippen MR) is 129 cm³/mol. The van der Waals surface area contributed by atoms with E-state index in [4.69, 9.17) is 8.92 Å². The third-order valence-electron chi connectivity index (χ3n) is 5.20. The van der Waals surface area contributed by atoms with Gasteiger partial charge in [-0.3, -0.25) is 9.59 Å². The number of hydrogen-bond acceptors (Lipinski definition) is 7. The first kappa shape index (κ1) is 23.7. The second-order valence-corrected chi connectivity index (χ2v) is 8.96. The number of benzene rings is 4. The van der Waals surface area contributed by atoms with Crippen LogP contribution in [-0.4, -0.2) is 32.2 Å². The van der Waals surface area contributed by atoms with Crippen molar-refractivity contribution in [1.29, 1.82) is 0 Å². The zero-order valence-corrected chi connectivity index (χ0v) is 19.4. The van der Waals surface area contributed by atoms with Crippen LogP contribution >= 0.6 is 0 Å². The smallest absolute Gasteiger partial charge is 0.342 e. The van der Waals surface area contributed by atoms with Gasteiger partial charge in [-0.2, -0.15) is 8.42 Å². The standard InChI is InChI=1S/C27H20O7S/c1-33-24-17-22(28)21(27(30)19-12-6-3-7-13-19)16-25(24)35(31,32)34-23-15-9-8-14-20(23)26(29)18-10-4-2-5-11-18/h2-17,28H,1H3. The fraction of sp³-hybridized carbons (Fsp3) is 0.0370. The van der Waals surface area contributed by atoms with Crippen molar-refractivity contribution in [2.75, 3.05) is 7.11 Å². The molecule has 0 radical (unpaired) electrons. The summed E-state index contributed by atoms with van der Waals surface area (Å²) in [4.78, 5) is 25.4. The molecule has 0 aliphatic heterocycles. The van der Waals surface area contributed by atoms with Gasteiger partial charge in [0.15, 0.2) is 17.3 Å². The number of methoxy groups -OCH3 is 1. The number of rotatable bonds is 8. The van der Waals surface area contributed by atoms with Crippen molar-refractivity contribution in [1.82, 2.24) is 0 Å². The summed E-state index contributed by atoms with van der Waals surface area (Å²) in [6.45, 7) is 0. The van der Waals surface area contributed by atoms with E-state index in [1.165, 1.54) is 25.3 Å². The van der Waals surface area contributed by atoms with Crippen LogP contribution in [0.1, 0.15) is 31.8 Å². The molecule has 35 heavy (non-hydrogen) atoms. The van der Waals surface area contributed by atoms with Gasteiger partial charge >= 0.3 is 10.1 Å². The highest BCUT2D eigenvalue weighted by Crippen LogP contribution is 2.35. The molecule has 0 aliphatic carbocycles. The van der Waals surface area contributed by atoms with Gasteiger partial charge in [-0.15, -0.1) is 0 Å². The van der Waals surface area contributed by atoms with Gasteiger partial charge in [0, 0.05) is 17.2 Å². The molecule has 176 valence electrons. The van der Waals surface area contributed by atoms with Crippen LogP contribution in [0.15, 0.2) is 102 Å². The lowest BCUT2D eigenvalue weighted by Gasteiger charge is -2.15. The minimum atomic E-state index is -4.59. The van der Waals surface area contributed by atoms with Gasteiger partial charge < -0.3 is 14.0 Å². The molecule has 0 spiro atoms. The van der Waals surface area contributed by atoms with Gasteiger partial charge in [0.2, 0.25) is 0 Å². The molecule has 0 fully saturated rings. The second kappa shape index (κ2) is 9.82. The number of aromatic hydroxyl groups is 1. The van der Waals surface area contributed by atoms with Gasteiger partial charge in [-0.05, 0) is 18.2 Å². The Hall–Kier alpha value is -4.43. The van der Waals surface area contributed by atoms with E-state index in [2.05, 4.69) is 0 Å². The number of ketones is 2.